The smallest absolute Gasteiger partial charge is 0.250 e. The number of nitrogens with zero attached hydrogens (tertiary/aromatic N) is 4. The molecule has 0 aromatic carbocycles. The van der Waals surface area contributed by atoms with Crippen molar-refractivity contribution in [2.75, 3.05) is 16.9 Å². The lowest BCUT2D eigenvalue weighted by Crippen LogP contribution is -2.37. The van der Waals surface area contributed by atoms with Crippen molar-refractivity contribution in [1.29, 1.82) is 0 Å². The van der Waals surface area contributed by atoms with Crippen molar-refractivity contribution in [3.8, 4) is 5.95 Å². The van der Waals surface area contributed by atoms with Crippen LogP contribution in [0, 0.1) is 0 Å². The van der Waals surface area contributed by atoms with Gasteiger partial charge in [-0.2, -0.15) is 5.10 Å². The summed E-state index contributed by atoms with van der Waals surface area (Å²) in [6, 6.07) is 1.60. The van der Waals surface area contributed by atoms with E-state index in [1.54, 1.807) is 42.6 Å². The van der Waals surface area contributed by atoms with Crippen LogP contribution >= 0.6 is 11.8 Å². The number of anilines is 1. The van der Waals surface area contributed by atoms with Gasteiger partial charge >= 0.3 is 0 Å². The molecule has 1 aliphatic heterocycles. The number of nitrogens with one attached hydrogen (secondary N) is 2. The van der Waals surface area contributed by atoms with Gasteiger partial charge in [0, 0.05) is 24.0 Å². The number of amides is 1. The second-order valence-electron chi connectivity index (χ2n) is 3.98. The summed E-state index contributed by atoms with van der Waals surface area (Å²) in [5.74, 6) is 2.04. The third-order valence-corrected chi connectivity index (χ3v) is 3.58. The second-order valence-corrected chi connectivity index (χ2v) is 5.01. The van der Waals surface area contributed by atoms with Crippen LogP contribution in [-0.4, -0.2) is 43.3 Å². The van der Waals surface area contributed by atoms with Gasteiger partial charge in [-0.3, -0.25) is 10.1 Å². The first-order valence-corrected chi connectivity index (χ1v) is 6.92. The quantitative estimate of drug-likeness (QED) is 0.836. The number of hydrogen-bond acceptors (Lipinski definition) is 6. The SMILES string of the molecule is O=C(Nc1cnn(-c2ncccn2)c1)C1CSCN1. The minimum atomic E-state index is -0.138. The maximum atomic E-state index is 11.9. The lowest BCUT2D eigenvalue weighted by atomic mass is 10.3. The van der Waals surface area contributed by atoms with E-state index in [2.05, 4.69) is 25.7 Å². The summed E-state index contributed by atoms with van der Waals surface area (Å²) < 4.78 is 1.52. The Labute approximate surface area is 113 Å². The van der Waals surface area contributed by atoms with E-state index in [-0.39, 0.29) is 11.9 Å². The molecule has 1 aliphatic rings. The lowest BCUT2D eigenvalue weighted by Gasteiger charge is -2.08. The van der Waals surface area contributed by atoms with Crippen molar-refractivity contribution in [3.05, 3.63) is 30.9 Å². The largest absolute Gasteiger partial charge is 0.322 e. The molecule has 0 radical (unpaired) electrons. The van der Waals surface area contributed by atoms with Gasteiger partial charge in [0.05, 0.1) is 24.1 Å². The highest BCUT2D eigenvalue weighted by atomic mass is 32.2. The molecular formula is C11H12N6OS. The average molecular weight is 276 g/mol. The van der Waals surface area contributed by atoms with Gasteiger partial charge in [0.25, 0.3) is 0 Å². The van der Waals surface area contributed by atoms with E-state index in [0.29, 0.717) is 11.6 Å². The minimum Gasteiger partial charge on any atom is -0.322 e. The Kier molecular flexibility index (Phi) is 3.43. The van der Waals surface area contributed by atoms with E-state index in [4.69, 9.17) is 0 Å². The zero-order valence-corrected chi connectivity index (χ0v) is 10.8. The van der Waals surface area contributed by atoms with E-state index in [9.17, 15) is 4.79 Å². The first-order chi connectivity index (χ1) is 9.33. The molecule has 0 spiro atoms. The number of rotatable bonds is 3. The van der Waals surface area contributed by atoms with Gasteiger partial charge in [0.1, 0.15) is 0 Å². The van der Waals surface area contributed by atoms with Gasteiger partial charge in [0.15, 0.2) is 0 Å². The molecule has 1 atom stereocenters. The van der Waals surface area contributed by atoms with Gasteiger partial charge in [-0.15, -0.1) is 11.8 Å². The highest BCUT2D eigenvalue weighted by Crippen LogP contribution is 2.13. The van der Waals surface area contributed by atoms with Gasteiger partial charge in [-0.1, -0.05) is 0 Å². The van der Waals surface area contributed by atoms with Gasteiger partial charge in [0.2, 0.25) is 11.9 Å². The van der Waals surface area contributed by atoms with E-state index in [1.807, 2.05) is 0 Å². The highest BCUT2D eigenvalue weighted by molar-refractivity contribution is 7.99. The van der Waals surface area contributed by atoms with E-state index < -0.39 is 0 Å². The second kappa shape index (κ2) is 5.37. The molecule has 1 saturated heterocycles. The Morgan fingerprint density at radius 1 is 1.47 bits per heavy atom. The topological polar surface area (TPSA) is 84.7 Å². The van der Waals surface area contributed by atoms with Crippen LogP contribution in [0.25, 0.3) is 5.95 Å². The Balaban J connectivity index is 1.70. The molecule has 1 unspecified atom stereocenters. The molecule has 3 heterocycles. The predicted molar refractivity (Wildman–Crippen MR) is 72.0 cm³/mol. The molecule has 2 aromatic rings. The van der Waals surface area contributed by atoms with E-state index in [0.717, 1.165) is 11.6 Å². The molecule has 7 nitrogen and oxygen atoms in total. The van der Waals surface area contributed by atoms with Gasteiger partial charge < -0.3 is 5.32 Å². The highest BCUT2D eigenvalue weighted by Gasteiger charge is 2.22. The summed E-state index contributed by atoms with van der Waals surface area (Å²) in [5, 5.41) is 10.1. The predicted octanol–water partition coefficient (Wildman–Crippen LogP) is 0.263. The van der Waals surface area contributed by atoms with Gasteiger partial charge in [-0.05, 0) is 6.07 Å². The number of carbonyl (C=O) groups is 1. The first-order valence-electron chi connectivity index (χ1n) is 5.77. The molecule has 0 saturated carbocycles. The first kappa shape index (κ1) is 12.1. The van der Waals surface area contributed by atoms with E-state index in [1.165, 1.54) is 4.68 Å². The van der Waals surface area contributed by atoms with Crippen molar-refractivity contribution in [2.24, 2.45) is 0 Å². The summed E-state index contributed by atoms with van der Waals surface area (Å²) in [4.78, 5) is 20.1. The van der Waals surface area contributed by atoms with Crippen LogP contribution in [-0.2, 0) is 4.79 Å². The third-order valence-electron chi connectivity index (χ3n) is 2.64. The Bertz CT molecular complexity index is 566. The molecule has 2 N–H and O–H groups in total. The Morgan fingerprint density at radius 2 is 2.32 bits per heavy atom. The fourth-order valence-electron chi connectivity index (χ4n) is 1.70. The fourth-order valence-corrected chi connectivity index (χ4v) is 2.64. The normalized spacial score (nSPS) is 18.4. The standard InChI is InChI=1S/C11H12N6OS/c18-10(9-6-19-7-14-9)16-8-4-15-17(5-8)11-12-2-1-3-13-11/h1-5,9,14H,6-7H2,(H,16,18). The molecule has 3 rings (SSSR count). The van der Waals surface area contributed by atoms with Gasteiger partial charge in [-0.25, -0.2) is 14.6 Å². The maximum absolute atomic E-state index is 11.9. The molecule has 98 valence electrons. The molecule has 1 amide bonds. The van der Waals surface area contributed by atoms with Crippen LogP contribution in [0.1, 0.15) is 0 Å². The van der Waals surface area contributed by atoms with Crippen LogP contribution in [0.15, 0.2) is 30.9 Å². The van der Waals surface area contributed by atoms with Crippen LogP contribution in [0.4, 0.5) is 5.69 Å². The third kappa shape index (κ3) is 2.74. The lowest BCUT2D eigenvalue weighted by molar-refractivity contribution is -0.117. The van der Waals surface area contributed by atoms with Crippen molar-refractivity contribution < 1.29 is 4.79 Å². The van der Waals surface area contributed by atoms with Crippen molar-refractivity contribution in [3.63, 3.8) is 0 Å². The van der Waals surface area contributed by atoms with Crippen molar-refractivity contribution in [2.45, 2.75) is 6.04 Å². The monoisotopic (exact) mass is 276 g/mol. The number of thioether (sulfide) groups is 1. The summed E-state index contributed by atoms with van der Waals surface area (Å²) in [6.45, 7) is 0. The average Bonchev–Trinajstić information content (AvgIpc) is 3.11. The number of aromatic nitrogens is 4. The van der Waals surface area contributed by atoms with Crippen LogP contribution in [0.2, 0.25) is 0 Å². The molecule has 8 heteroatoms. The number of carbonyl (C=O) groups excluding carboxylic acids is 1. The Morgan fingerprint density at radius 3 is 3.05 bits per heavy atom. The van der Waals surface area contributed by atoms with E-state index >= 15 is 0 Å². The summed E-state index contributed by atoms with van der Waals surface area (Å²) >= 11 is 1.71. The minimum absolute atomic E-state index is 0.0430. The fraction of sp³-hybridized carbons (Fsp3) is 0.273. The summed E-state index contributed by atoms with van der Waals surface area (Å²) in [5.41, 5.74) is 0.635. The zero-order chi connectivity index (χ0) is 13.1. The van der Waals surface area contributed by atoms with Crippen molar-refractivity contribution >= 4 is 23.4 Å². The molecule has 1 fully saturated rings. The summed E-state index contributed by atoms with van der Waals surface area (Å²) in [6.07, 6.45) is 6.55. The van der Waals surface area contributed by atoms with Crippen molar-refractivity contribution in [1.82, 2.24) is 25.1 Å². The molecule has 19 heavy (non-hydrogen) atoms. The zero-order valence-electron chi connectivity index (χ0n) is 9.98. The Hall–Kier alpha value is -1.93. The molecule has 0 bridgehead atoms. The maximum Gasteiger partial charge on any atom is 0.250 e. The molecular weight excluding hydrogens is 264 g/mol. The van der Waals surface area contributed by atoms with Crippen LogP contribution < -0.4 is 10.6 Å². The van der Waals surface area contributed by atoms with Crippen LogP contribution in [0.5, 0.6) is 0 Å². The number of hydrogen-bond donors (Lipinski definition) is 2. The van der Waals surface area contributed by atoms with Crippen LogP contribution in [0.3, 0.4) is 0 Å². The summed E-state index contributed by atoms with van der Waals surface area (Å²) in [7, 11) is 0. The molecule has 2 aromatic heterocycles. The molecule has 0 aliphatic carbocycles.